The summed E-state index contributed by atoms with van der Waals surface area (Å²) in [4.78, 5) is 0. The first-order valence-electron chi connectivity index (χ1n) is 6.82. The van der Waals surface area contributed by atoms with E-state index in [1.165, 1.54) is 24.8 Å². The van der Waals surface area contributed by atoms with Crippen LogP contribution in [0.5, 0.6) is 0 Å². The van der Waals surface area contributed by atoms with Crippen molar-refractivity contribution in [2.45, 2.75) is 57.2 Å². The summed E-state index contributed by atoms with van der Waals surface area (Å²) in [5.74, 6) is 5.49. The molecule has 19 heavy (non-hydrogen) atoms. The first-order valence-corrected chi connectivity index (χ1v) is 6.82. The maximum atomic E-state index is 11.9. The quantitative estimate of drug-likeness (QED) is 0.340. The second kappa shape index (κ2) is 8.55. The van der Waals surface area contributed by atoms with Crippen LogP contribution in [0.15, 0.2) is 11.6 Å². The summed E-state index contributed by atoms with van der Waals surface area (Å²) in [6.45, 7) is -1.13. The molecule has 0 spiro atoms. The van der Waals surface area contributed by atoms with E-state index >= 15 is 0 Å². The third-order valence-electron chi connectivity index (χ3n) is 3.29. The fourth-order valence-corrected chi connectivity index (χ4v) is 2.30. The van der Waals surface area contributed by atoms with Crippen LogP contribution in [0.1, 0.15) is 44.9 Å². The maximum absolute atomic E-state index is 11.9. The summed E-state index contributed by atoms with van der Waals surface area (Å²) in [6, 6.07) is -0.0775. The maximum Gasteiger partial charge on any atom is 0.411 e. The molecule has 3 N–H and O–H groups in total. The number of nitrogens with one attached hydrogen (secondary N) is 1. The molecule has 0 amide bonds. The van der Waals surface area contributed by atoms with Gasteiger partial charge in [-0.2, -0.15) is 13.2 Å². The third kappa shape index (κ3) is 7.54. The molecule has 1 aliphatic carbocycles. The predicted molar refractivity (Wildman–Crippen MR) is 68.4 cm³/mol. The van der Waals surface area contributed by atoms with Gasteiger partial charge < -0.3 is 4.74 Å². The van der Waals surface area contributed by atoms with Crippen LogP contribution in [0.3, 0.4) is 0 Å². The highest BCUT2D eigenvalue weighted by Gasteiger charge is 2.27. The summed E-state index contributed by atoms with van der Waals surface area (Å²) in [5.41, 5.74) is 3.89. The van der Waals surface area contributed by atoms with Crippen molar-refractivity contribution in [3.05, 3.63) is 11.6 Å². The van der Waals surface area contributed by atoms with Crippen molar-refractivity contribution in [1.82, 2.24) is 5.43 Å². The predicted octanol–water partition coefficient (Wildman–Crippen LogP) is 3.07. The van der Waals surface area contributed by atoms with E-state index in [1.54, 1.807) is 0 Å². The normalized spacial score (nSPS) is 19.5. The van der Waals surface area contributed by atoms with Gasteiger partial charge in [-0.25, -0.2) is 0 Å². The highest BCUT2D eigenvalue weighted by molar-refractivity contribution is 5.11. The van der Waals surface area contributed by atoms with Gasteiger partial charge in [-0.3, -0.25) is 11.3 Å². The molecular weight excluding hydrogens is 257 g/mol. The largest absolute Gasteiger partial charge is 0.411 e. The standard InChI is InChI=1S/C13H23F3N2O/c14-13(15,16)10-19-9-8-12(18-17)11-6-4-2-1-3-5-7-11/h6,12,18H,1-5,7-10,17H2. The zero-order valence-corrected chi connectivity index (χ0v) is 11.1. The summed E-state index contributed by atoms with van der Waals surface area (Å²) in [7, 11) is 0. The molecule has 0 saturated carbocycles. The first kappa shape index (κ1) is 16.5. The molecule has 0 aromatic heterocycles. The molecule has 0 bridgehead atoms. The zero-order valence-electron chi connectivity index (χ0n) is 11.1. The van der Waals surface area contributed by atoms with Crippen molar-refractivity contribution in [1.29, 1.82) is 0 Å². The number of hydrogen-bond donors (Lipinski definition) is 2. The highest BCUT2D eigenvalue weighted by atomic mass is 19.4. The molecule has 1 aliphatic rings. The van der Waals surface area contributed by atoms with E-state index in [2.05, 4.69) is 16.2 Å². The molecule has 0 radical (unpaired) electrons. The van der Waals surface area contributed by atoms with Crippen LogP contribution in [-0.2, 0) is 4.74 Å². The molecule has 0 saturated heterocycles. The van der Waals surface area contributed by atoms with Gasteiger partial charge in [-0.15, -0.1) is 0 Å². The Morgan fingerprint density at radius 3 is 2.68 bits per heavy atom. The number of alkyl halides is 3. The average molecular weight is 280 g/mol. The van der Waals surface area contributed by atoms with Crippen LogP contribution in [0.4, 0.5) is 13.2 Å². The number of rotatable bonds is 6. The molecule has 3 nitrogen and oxygen atoms in total. The summed E-state index contributed by atoms with van der Waals surface area (Å²) in [6.07, 6.45) is 5.12. The number of hydrazine groups is 1. The van der Waals surface area contributed by atoms with E-state index in [0.29, 0.717) is 6.42 Å². The molecule has 6 heteroatoms. The van der Waals surface area contributed by atoms with E-state index in [1.807, 2.05) is 0 Å². The summed E-state index contributed by atoms with van der Waals surface area (Å²) < 4.78 is 40.4. The second-order valence-corrected chi connectivity index (χ2v) is 4.91. The number of ether oxygens (including phenoxy) is 1. The number of hydrogen-bond acceptors (Lipinski definition) is 3. The molecule has 1 rings (SSSR count). The average Bonchev–Trinajstić information content (AvgIpc) is 2.29. The van der Waals surface area contributed by atoms with Crippen molar-refractivity contribution >= 4 is 0 Å². The van der Waals surface area contributed by atoms with Crippen LogP contribution in [0, 0.1) is 0 Å². The summed E-state index contributed by atoms with van der Waals surface area (Å²) in [5, 5.41) is 0. The lowest BCUT2D eigenvalue weighted by atomic mass is 9.94. The molecule has 1 unspecified atom stereocenters. The minimum Gasteiger partial charge on any atom is -0.372 e. The monoisotopic (exact) mass is 280 g/mol. The zero-order chi connectivity index (χ0) is 14.1. The molecule has 0 heterocycles. The molecule has 0 aromatic carbocycles. The van der Waals surface area contributed by atoms with Crippen molar-refractivity contribution in [2.24, 2.45) is 5.84 Å². The van der Waals surface area contributed by atoms with E-state index in [0.717, 1.165) is 19.3 Å². The first-order chi connectivity index (χ1) is 9.03. The van der Waals surface area contributed by atoms with Crippen molar-refractivity contribution < 1.29 is 17.9 Å². The van der Waals surface area contributed by atoms with Gasteiger partial charge in [-0.05, 0) is 32.1 Å². The SMILES string of the molecule is NNC(CCOCC(F)(F)F)C1=CCCCCCC1. The van der Waals surface area contributed by atoms with Crippen molar-refractivity contribution in [3.8, 4) is 0 Å². The molecule has 0 aliphatic heterocycles. The minimum atomic E-state index is -4.26. The number of allylic oxidation sites excluding steroid dienone is 1. The van der Waals surface area contributed by atoms with Gasteiger partial charge in [0.2, 0.25) is 0 Å². The molecule has 1 atom stereocenters. The Morgan fingerprint density at radius 2 is 2.00 bits per heavy atom. The lowest BCUT2D eigenvalue weighted by Crippen LogP contribution is -2.38. The Morgan fingerprint density at radius 1 is 1.26 bits per heavy atom. The fourth-order valence-electron chi connectivity index (χ4n) is 2.30. The van der Waals surface area contributed by atoms with Gasteiger partial charge in [0.05, 0.1) is 0 Å². The Balaban J connectivity index is 2.34. The third-order valence-corrected chi connectivity index (χ3v) is 3.29. The van der Waals surface area contributed by atoms with Gasteiger partial charge >= 0.3 is 6.18 Å². The Bertz CT molecular complexity index is 280. The topological polar surface area (TPSA) is 47.3 Å². The summed E-state index contributed by atoms with van der Waals surface area (Å²) >= 11 is 0. The van der Waals surface area contributed by atoms with Crippen molar-refractivity contribution in [2.75, 3.05) is 13.2 Å². The number of halogens is 3. The van der Waals surface area contributed by atoms with Gasteiger partial charge in [-0.1, -0.05) is 24.5 Å². The Labute approximate surface area is 112 Å². The van der Waals surface area contributed by atoms with E-state index < -0.39 is 12.8 Å². The van der Waals surface area contributed by atoms with Gasteiger partial charge in [0.15, 0.2) is 0 Å². The minimum absolute atomic E-state index is 0.0612. The van der Waals surface area contributed by atoms with E-state index in [4.69, 9.17) is 5.84 Å². The van der Waals surface area contributed by atoms with Gasteiger partial charge in [0, 0.05) is 12.6 Å². The van der Waals surface area contributed by atoms with Crippen LogP contribution >= 0.6 is 0 Å². The smallest absolute Gasteiger partial charge is 0.372 e. The van der Waals surface area contributed by atoms with E-state index in [-0.39, 0.29) is 12.6 Å². The van der Waals surface area contributed by atoms with Crippen LogP contribution in [-0.4, -0.2) is 25.4 Å². The fraction of sp³-hybridized carbons (Fsp3) is 0.846. The van der Waals surface area contributed by atoms with Crippen LogP contribution < -0.4 is 11.3 Å². The molecule has 0 aromatic rings. The van der Waals surface area contributed by atoms with Crippen LogP contribution in [0.25, 0.3) is 0 Å². The Kier molecular flexibility index (Phi) is 7.41. The lowest BCUT2D eigenvalue weighted by Gasteiger charge is -2.21. The Hall–Kier alpha value is -0.590. The second-order valence-electron chi connectivity index (χ2n) is 4.91. The van der Waals surface area contributed by atoms with Gasteiger partial charge in [0.1, 0.15) is 6.61 Å². The van der Waals surface area contributed by atoms with Gasteiger partial charge in [0.25, 0.3) is 0 Å². The lowest BCUT2D eigenvalue weighted by molar-refractivity contribution is -0.174. The molecule has 0 fully saturated rings. The highest BCUT2D eigenvalue weighted by Crippen LogP contribution is 2.21. The van der Waals surface area contributed by atoms with Crippen LogP contribution in [0.2, 0.25) is 0 Å². The molecule has 112 valence electrons. The van der Waals surface area contributed by atoms with Crippen molar-refractivity contribution in [3.63, 3.8) is 0 Å². The van der Waals surface area contributed by atoms with E-state index in [9.17, 15) is 13.2 Å². The number of nitrogens with two attached hydrogens (primary N) is 1. The molecular formula is C13H23F3N2O.